The van der Waals surface area contributed by atoms with Crippen molar-refractivity contribution in [1.82, 2.24) is 0 Å². The van der Waals surface area contributed by atoms with Gasteiger partial charge in [0.05, 0.1) is 0 Å². The zero-order valence-electron chi connectivity index (χ0n) is 11.5. The monoisotopic (exact) mass is 271 g/mol. The van der Waals surface area contributed by atoms with Crippen molar-refractivity contribution in [3.8, 4) is 0 Å². The van der Waals surface area contributed by atoms with Crippen LogP contribution in [-0.2, 0) is 5.41 Å². The van der Waals surface area contributed by atoms with E-state index in [1.165, 1.54) is 16.9 Å². The minimum Gasteiger partial charge on any atom is -0.338 e. The molecule has 19 heavy (non-hydrogen) atoms. The van der Waals surface area contributed by atoms with Gasteiger partial charge in [0.15, 0.2) is 0 Å². The standard InChI is InChI=1S/C17H18ClN/c1-12-17(2,3)15-11-13(18)9-10-16(15)19(12)14-7-5-4-6-8-14/h4-12H,1-3H3. The third kappa shape index (κ3) is 1.84. The summed E-state index contributed by atoms with van der Waals surface area (Å²) in [4.78, 5) is 2.41. The summed E-state index contributed by atoms with van der Waals surface area (Å²) < 4.78 is 0. The van der Waals surface area contributed by atoms with Crippen molar-refractivity contribution < 1.29 is 0 Å². The summed E-state index contributed by atoms with van der Waals surface area (Å²) in [5, 5.41) is 0.814. The summed E-state index contributed by atoms with van der Waals surface area (Å²) >= 11 is 6.17. The Morgan fingerprint density at radius 2 is 1.74 bits per heavy atom. The molecule has 1 heterocycles. The molecule has 1 unspecified atom stereocenters. The topological polar surface area (TPSA) is 3.24 Å². The molecule has 1 nitrogen and oxygen atoms in total. The highest BCUT2D eigenvalue weighted by Gasteiger charge is 2.42. The van der Waals surface area contributed by atoms with E-state index in [1.807, 2.05) is 6.07 Å². The van der Waals surface area contributed by atoms with Gasteiger partial charge in [0.2, 0.25) is 0 Å². The third-order valence-corrected chi connectivity index (χ3v) is 4.61. The Balaban J connectivity index is 2.19. The van der Waals surface area contributed by atoms with Crippen LogP contribution in [0.25, 0.3) is 0 Å². The number of para-hydroxylation sites is 1. The van der Waals surface area contributed by atoms with Gasteiger partial charge in [-0.05, 0) is 42.8 Å². The first-order valence-electron chi connectivity index (χ1n) is 6.66. The maximum atomic E-state index is 6.17. The van der Waals surface area contributed by atoms with Gasteiger partial charge in [-0.1, -0.05) is 43.6 Å². The fraction of sp³-hybridized carbons (Fsp3) is 0.294. The normalized spacial score (nSPS) is 20.4. The molecular weight excluding hydrogens is 254 g/mol. The van der Waals surface area contributed by atoms with Crippen LogP contribution in [-0.4, -0.2) is 6.04 Å². The molecule has 0 spiro atoms. The Kier molecular flexibility index (Phi) is 2.83. The summed E-state index contributed by atoms with van der Waals surface area (Å²) in [6, 6.07) is 17.2. The Morgan fingerprint density at radius 1 is 1.05 bits per heavy atom. The van der Waals surface area contributed by atoms with Crippen molar-refractivity contribution >= 4 is 23.0 Å². The van der Waals surface area contributed by atoms with E-state index in [4.69, 9.17) is 11.6 Å². The van der Waals surface area contributed by atoms with E-state index in [-0.39, 0.29) is 5.41 Å². The fourth-order valence-electron chi connectivity index (χ4n) is 2.94. The average Bonchev–Trinajstić information content (AvgIpc) is 2.59. The van der Waals surface area contributed by atoms with Gasteiger partial charge >= 0.3 is 0 Å². The largest absolute Gasteiger partial charge is 0.338 e. The van der Waals surface area contributed by atoms with Crippen LogP contribution in [0.1, 0.15) is 26.3 Å². The molecule has 1 aliphatic heterocycles. The second kappa shape index (κ2) is 4.28. The first kappa shape index (κ1) is 12.6. The van der Waals surface area contributed by atoms with Crippen molar-refractivity contribution in [3.63, 3.8) is 0 Å². The summed E-state index contributed by atoms with van der Waals surface area (Å²) in [7, 11) is 0. The van der Waals surface area contributed by atoms with Crippen LogP contribution in [0.3, 0.4) is 0 Å². The van der Waals surface area contributed by atoms with Crippen molar-refractivity contribution in [1.29, 1.82) is 0 Å². The van der Waals surface area contributed by atoms with Gasteiger partial charge in [0, 0.05) is 27.9 Å². The molecule has 0 saturated heterocycles. The van der Waals surface area contributed by atoms with Crippen LogP contribution in [0, 0.1) is 0 Å². The molecular formula is C17H18ClN. The van der Waals surface area contributed by atoms with E-state index >= 15 is 0 Å². The lowest BCUT2D eigenvalue weighted by atomic mass is 9.81. The van der Waals surface area contributed by atoms with E-state index in [0.29, 0.717) is 6.04 Å². The summed E-state index contributed by atoms with van der Waals surface area (Å²) in [6.07, 6.45) is 0. The van der Waals surface area contributed by atoms with Gasteiger partial charge in [-0.25, -0.2) is 0 Å². The first-order valence-corrected chi connectivity index (χ1v) is 7.04. The SMILES string of the molecule is CC1N(c2ccccc2)c2ccc(Cl)cc2C1(C)C. The van der Waals surface area contributed by atoms with Gasteiger partial charge in [-0.3, -0.25) is 0 Å². The summed E-state index contributed by atoms with van der Waals surface area (Å²) in [6.45, 7) is 6.85. The average molecular weight is 272 g/mol. The smallest absolute Gasteiger partial charge is 0.0453 e. The molecule has 0 aliphatic carbocycles. The molecule has 0 bridgehead atoms. The number of fused-ring (bicyclic) bond motifs is 1. The minimum absolute atomic E-state index is 0.0933. The van der Waals surface area contributed by atoms with Gasteiger partial charge in [0.25, 0.3) is 0 Å². The molecule has 2 aromatic carbocycles. The molecule has 0 N–H and O–H groups in total. The van der Waals surface area contributed by atoms with Crippen molar-refractivity contribution in [2.45, 2.75) is 32.2 Å². The molecule has 2 aromatic rings. The van der Waals surface area contributed by atoms with Gasteiger partial charge < -0.3 is 4.90 Å². The lowest BCUT2D eigenvalue weighted by molar-refractivity contribution is 0.462. The molecule has 0 amide bonds. The van der Waals surface area contributed by atoms with Crippen molar-refractivity contribution in [2.24, 2.45) is 0 Å². The number of rotatable bonds is 1. The molecule has 3 rings (SSSR count). The quantitative estimate of drug-likeness (QED) is 0.693. The Morgan fingerprint density at radius 3 is 2.42 bits per heavy atom. The molecule has 0 saturated carbocycles. The maximum Gasteiger partial charge on any atom is 0.0453 e. The van der Waals surface area contributed by atoms with Crippen LogP contribution in [0.5, 0.6) is 0 Å². The number of hydrogen-bond donors (Lipinski definition) is 0. The van der Waals surface area contributed by atoms with Crippen LogP contribution >= 0.6 is 11.6 Å². The second-order valence-corrected chi connectivity index (χ2v) is 6.20. The number of halogens is 1. The van der Waals surface area contributed by atoms with Crippen LogP contribution in [0.4, 0.5) is 11.4 Å². The highest BCUT2D eigenvalue weighted by molar-refractivity contribution is 6.30. The fourth-order valence-corrected chi connectivity index (χ4v) is 3.11. The van der Waals surface area contributed by atoms with Gasteiger partial charge in [-0.2, -0.15) is 0 Å². The first-order chi connectivity index (χ1) is 9.01. The van der Waals surface area contributed by atoms with E-state index < -0.39 is 0 Å². The lowest BCUT2D eigenvalue weighted by Gasteiger charge is -2.31. The summed E-state index contributed by atoms with van der Waals surface area (Å²) in [5.41, 5.74) is 3.93. The predicted octanol–water partition coefficient (Wildman–Crippen LogP) is 5.16. The van der Waals surface area contributed by atoms with E-state index in [0.717, 1.165) is 5.02 Å². The lowest BCUT2D eigenvalue weighted by Crippen LogP contribution is -2.36. The van der Waals surface area contributed by atoms with E-state index in [2.05, 4.69) is 68.1 Å². The number of anilines is 2. The highest BCUT2D eigenvalue weighted by Crippen LogP contribution is 2.49. The number of hydrogen-bond acceptors (Lipinski definition) is 1. The highest BCUT2D eigenvalue weighted by atomic mass is 35.5. The van der Waals surface area contributed by atoms with Crippen molar-refractivity contribution in [3.05, 3.63) is 59.1 Å². The van der Waals surface area contributed by atoms with Crippen molar-refractivity contribution in [2.75, 3.05) is 4.90 Å². The Labute approximate surface area is 119 Å². The van der Waals surface area contributed by atoms with Crippen LogP contribution in [0.2, 0.25) is 5.02 Å². The van der Waals surface area contributed by atoms with Gasteiger partial charge in [0.1, 0.15) is 0 Å². The Hall–Kier alpha value is -1.47. The van der Waals surface area contributed by atoms with Crippen LogP contribution < -0.4 is 4.90 Å². The summed E-state index contributed by atoms with van der Waals surface area (Å²) in [5.74, 6) is 0. The maximum absolute atomic E-state index is 6.17. The molecule has 0 radical (unpaired) electrons. The molecule has 2 heteroatoms. The van der Waals surface area contributed by atoms with Crippen LogP contribution in [0.15, 0.2) is 48.5 Å². The third-order valence-electron chi connectivity index (χ3n) is 4.38. The van der Waals surface area contributed by atoms with E-state index in [1.54, 1.807) is 0 Å². The zero-order chi connectivity index (χ0) is 13.6. The Bertz CT molecular complexity index is 604. The predicted molar refractivity (Wildman–Crippen MR) is 82.5 cm³/mol. The molecule has 0 fully saturated rings. The molecule has 1 aliphatic rings. The molecule has 0 aromatic heterocycles. The number of nitrogens with zero attached hydrogens (tertiary/aromatic N) is 1. The zero-order valence-corrected chi connectivity index (χ0v) is 12.3. The molecule has 1 atom stereocenters. The van der Waals surface area contributed by atoms with Gasteiger partial charge in [-0.15, -0.1) is 0 Å². The minimum atomic E-state index is 0.0933. The number of benzene rings is 2. The second-order valence-electron chi connectivity index (χ2n) is 5.76. The molecule has 98 valence electrons. The van der Waals surface area contributed by atoms with E-state index in [9.17, 15) is 0 Å².